The van der Waals surface area contributed by atoms with Crippen molar-refractivity contribution in [2.45, 2.75) is 9.79 Å². The van der Waals surface area contributed by atoms with Crippen molar-refractivity contribution < 1.29 is 9.85 Å². The van der Waals surface area contributed by atoms with E-state index < -0.39 is 22.2 Å². The van der Waals surface area contributed by atoms with E-state index in [1.165, 1.54) is 36.4 Å². The predicted octanol–water partition coefficient (Wildman–Crippen LogP) is 4.30. The van der Waals surface area contributed by atoms with Gasteiger partial charge in [0, 0.05) is 24.5 Å². The second-order valence-electron chi connectivity index (χ2n) is 4.60. The van der Waals surface area contributed by atoms with Gasteiger partial charge in [-0.15, -0.1) is 0 Å². The number of hydrogen-bond donors (Lipinski definition) is 0. The minimum Gasteiger partial charge on any atom is -0.258 e. The van der Waals surface area contributed by atoms with Crippen LogP contribution in [0.1, 0.15) is 0 Å². The molecule has 2 rings (SSSR count). The van der Waals surface area contributed by atoms with Gasteiger partial charge >= 0.3 is 0 Å². The summed E-state index contributed by atoms with van der Waals surface area (Å²) < 4.78 is 0. The first-order valence-corrected chi connectivity index (χ1v) is 14.5. The maximum atomic E-state index is 11.1. The van der Waals surface area contributed by atoms with Crippen LogP contribution < -0.4 is 0 Å². The molecule has 0 aromatic heterocycles. The Morgan fingerprint density at radius 2 is 1.04 bits per heavy atom. The van der Waals surface area contributed by atoms with Crippen LogP contribution in [0.2, 0.25) is 10.0 Å². The fourth-order valence-electron chi connectivity index (χ4n) is 1.90. The van der Waals surface area contributed by atoms with Gasteiger partial charge in [-0.2, -0.15) is 0 Å². The van der Waals surface area contributed by atoms with Gasteiger partial charge in [0.05, 0.1) is 19.6 Å². The molecule has 26 heavy (non-hydrogen) atoms. The molecule has 0 aliphatic rings. The topological polar surface area (TPSA) is 86.3 Å². The molecule has 0 aliphatic heterocycles. The number of rotatable bonds is 5. The average molecular weight is 505 g/mol. The molecule has 0 fully saturated rings. The molecule has 0 saturated carbocycles. The molecule has 0 unspecified atom stereocenters. The Morgan fingerprint density at radius 3 is 1.31 bits per heavy atom. The van der Waals surface area contributed by atoms with Crippen molar-refractivity contribution in [2.75, 3.05) is 0 Å². The summed E-state index contributed by atoms with van der Waals surface area (Å²) in [6.07, 6.45) is -5.81. The molecule has 6 nitrogen and oxygen atoms in total. The second kappa shape index (κ2) is 7.80. The van der Waals surface area contributed by atoms with Crippen molar-refractivity contribution in [2.24, 2.45) is 0 Å². The van der Waals surface area contributed by atoms with E-state index in [-0.39, 0.29) is 31.2 Å². The highest BCUT2D eigenvalue weighted by Gasteiger charge is 2.29. The van der Waals surface area contributed by atoms with Crippen molar-refractivity contribution in [1.29, 1.82) is 0 Å². The third kappa shape index (κ3) is 3.69. The third-order valence-corrected chi connectivity index (χ3v) is 21.9. The van der Waals surface area contributed by atoms with Crippen molar-refractivity contribution >= 4 is 91.7 Å². The van der Waals surface area contributed by atoms with Crippen molar-refractivity contribution in [3.63, 3.8) is 0 Å². The highest BCUT2D eigenvalue weighted by molar-refractivity contribution is 9.11. The molecule has 0 amide bonds. The van der Waals surface area contributed by atoms with E-state index in [1.807, 2.05) is 0 Å². The van der Waals surface area contributed by atoms with E-state index >= 15 is 0 Å². The highest BCUT2D eigenvalue weighted by Crippen LogP contribution is 2.40. The molecular weight excluding hydrogens is 499 g/mol. The number of nitro groups is 2. The molecule has 2 aromatic rings. The van der Waals surface area contributed by atoms with E-state index in [4.69, 9.17) is 68.0 Å². The van der Waals surface area contributed by atoms with Crippen LogP contribution in [0.4, 0.5) is 11.4 Å². The first kappa shape index (κ1) is 21.7. The normalized spacial score (nSPS) is 11.9. The summed E-state index contributed by atoms with van der Waals surface area (Å²) in [5.74, 6) is 0. The Balaban J connectivity index is 2.79. The number of hydrogen-bond acceptors (Lipinski definition) is 8. The Bertz CT molecular complexity index is 1060. The van der Waals surface area contributed by atoms with Crippen molar-refractivity contribution in [1.82, 2.24) is 0 Å². The van der Waals surface area contributed by atoms with Gasteiger partial charge in [0.25, 0.3) is 11.4 Å². The standard InChI is InChI=1S/C12H6Cl2N2O4S6/c13-11-7(15(17)18)3-1-5-9(11)25(21,22)26(23,24)10-6-2-4-8(12(10)14)16(19)20/h1-6H. The van der Waals surface area contributed by atoms with E-state index in [2.05, 4.69) is 0 Å². The number of benzene rings is 2. The second-order valence-corrected chi connectivity index (χ2v) is 20.9. The van der Waals surface area contributed by atoms with Crippen LogP contribution in [0.3, 0.4) is 0 Å². The van der Waals surface area contributed by atoms with Crippen LogP contribution in [-0.4, -0.2) is 9.85 Å². The van der Waals surface area contributed by atoms with E-state index in [9.17, 15) is 20.2 Å². The molecule has 0 saturated heterocycles. The van der Waals surface area contributed by atoms with Crippen LogP contribution in [0.25, 0.3) is 0 Å². The lowest BCUT2D eigenvalue weighted by Gasteiger charge is -2.20. The molecule has 0 heterocycles. The van der Waals surface area contributed by atoms with E-state index in [0.717, 1.165) is 0 Å². The molecule has 2 aromatic carbocycles. The quantitative estimate of drug-likeness (QED) is 0.338. The van der Waals surface area contributed by atoms with Crippen LogP contribution in [0.5, 0.6) is 0 Å². The Kier molecular flexibility index (Phi) is 6.51. The zero-order chi connectivity index (χ0) is 19.9. The summed E-state index contributed by atoms with van der Waals surface area (Å²) in [6, 6.07) is 8.06. The number of halogens is 2. The summed E-state index contributed by atoms with van der Waals surface area (Å²) in [7, 11) is 0. The third-order valence-electron chi connectivity index (χ3n) is 3.11. The van der Waals surface area contributed by atoms with Crippen molar-refractivity contribution in [3.8, 4) is 0 Å². The zero-order valence-electron chi connectivity index (χ0n) is 12.2. The van der Waals surface area contributed by atoms with Gasteiger partial charge in [0.1, 0.15) is 10.0 Å². The summed E-state index contributed by atoms with van der Waals surface area (Å²) in [5, 5.41) is 21.8. The van der Waals surface area contributed by atoms with Crippen LogP contribution >= 0.6 is 23.2 Å². The van der Waals surface area contributed by atoms with Gasteiger partial charge in [-0.3, -0.25) is 20.2 Å². The van der Waals surface area contributed by atoms with Gasteiger partial charge < -0.3 is 0 Å². The monoisotopic (exact) mass is 504 g/mol. The minimum atomic E-state index is -2.91. The average Bonchev–Trinajstić information content (AvgIpc) is 2.54. The first-order valence-electron chi connectivity index (χ1n) is 6.29. The first-order chi connectivity index (χ1) is 11.9. The summed E-state index contributed by atoms with van der Waals surface area (Å²) in [5.41, 5.74) is -0.748. The molecule has 0 bridgehead atoms. The van der Waals surface area contributed by atoms with Crippen LogP contribution in [0.15, 0.2) is 46.2 Å². The summed E-state index contributed by atoms with van der Waals surface area (Å²) in [4.78, 5) is 21.1. The molecular formula is C12H6Cl2N2O4S6. The SMILES string of the molecule is O=[N+]([O-])c1cccc(S(=S)(=S)S(=S)(=S)c2cccc([N+](=O)[O-])c2Cl)c1Cl. The molecule has 0 spiro atoms. The van der Waals surface area contributed by atoms with Crippen LogP contribution in [-0.2, 0) is 57.1 Å². The van der Waals surface area contributed by atoms with Gasteiger partial charge in [0.2, 0.25) is 0 Å². The Morgan fingerprint density at radius 1 is 0.731 bits per heavy atom. The maximum Gasteiger partial charge on any atom is 0.289 e. The Hall–Kier alpha value is -0.600. The number of nitro benzene ring substituents is 2. The highest BCUT2D eigenvalue weighted by atomic mass is 35.5. The Labute approximate surface area is 176 Å². The minimum absolute atomic E-state index is 0.112. The van der Waals surface area contributed by atoms with Gasteiger partial charge in [-0.05, 0) is 56.9 Å². The zero-order valence-corrected chi connectivity index (χ0v) is 18.6. The number of nitrogens with zero attached hydrogens (tertiary/aromatic N) is 2. The molecule has 0 radical (unpaired) electrons. The smallest absolute Gasteiger partial charge is 0.258 e. The fraction of sp³-hybridized carbons (Fsp3) is 0. The van der Waals surface area contributed by atoms with E-state index in [0.29, 0.717) is 0 Å². The van der Waals surface area contributed by atoms with Gasteiger partial charge in [-0.1, -0.05) is 35.3 Å². The van der Waals surface area contributed by atoms with Crippen LogP contribution in [0, 0.1) is 20.2 Å². The lowest BCUT2D eigenvalue weighted by atomic mass is 10.3. The summed E-state index contributed by atoms with van der Waals surface area (Å²) >= 11 is 34.3. The lowest BCUT2D eigenvalue weighted by Crippen LogP contribution is -2.13. The molecule has 14 heteroatoms. The molecule has 138 valence electrons. The largest absolute Gasteiger partial charge is 0.289 e. The maximum absolute atomic E-state index is 11.1. The van der Waals surface area contributed by atoms with Gasteiger partial charge in [0.15, 0.2) is 0 Å². The predicted molar refractivity (Wildman–Crippen MR) is 117 cm³/mol. The lowest BCUT2D eigenvalue weighted by molar-refractivity contribution is -0.385. The molecule has 0 N–H and O–H groups in total. The van der Waals surface area contributed by atoms with Gasteiger partial charge in [-0.25, -0.2) is 0 Å². The molecule has 0 atom stereocenters. The molecule has 0 aliphatic carbocycles. The van der Waals surface area contributed by atoms with Crippen molar-refractivity contribution in [3.05, 3.63) is 66.7 Å². The fourth-order valence-corrected chi connectivity index (χ4v) is 12.0. The summed E-state index contributed by atoms with van der Waals surface area (Å²) in [6.45, 7) is 0. The van der Waals surface area contributed by atoms with E-state index in [1.54, 1.807) is 0 Å².